The van der Waals surface area contributed by atoms with E-state index in [1.807, 2.05) is 0 Å². The molecule has 36 heavy (non-hydrogen) atoms. The van der Waals surface area contributed by atoms with Gasteiger partial charge in [0.2, 0.25) is 0 Å². The van der Waals surface area contributed by atoms with Gasteiger partial charge in [0, 0.05) is 31.2 Å². The number of amides is 2. The van der Waals surface area contributed by atoms with Crippen molar-refractivity contribution in [2.45, 2.75) is 90.2 Å². The van der Waals surface area contributed by atoms with E-state index >= 15 is 0 Å². The zero-order chi connectivity index (χ0) is 27.0. The van der Waals surface area contributed by atoms with Gasteiger partial charge in [-0.2, -0.15) is 13.2 Å². The zero-order valence-electron chi connectivity index (χ0n) is 21.1. The van der Waals surface area contributed by atoms with Crippen molar-refractivity contribution in [3.63, 3.8) is 0 Å². The first-order valence-electron chi connectivity index (χ1n) is 12.0. The van der Waals surface area contributed by atoms with E-state index in [2.05, 4.69) is 5.32 Å². The lowest BCUT2D eigenvalue weighted by Crippen LogP contribution is -2.54. The Morgan fingerprint density at radius 3 is 2.33 bits per heavy atom. The number of carbonyl (C=O) groups excluding carboxylic acids is 2. The van der Waals surface area contributed by atoms with Crippen LogP contribution in [-0.4, -0.2) is 63.5 Å². The summed E-state index contributed by atoms with van der Waals surface area (Å²) >= 11 is 0. The van der Waals surface area contributed by atoms with E-state index in [0.717, 1.165) is 6.07 Å². The summed E-state index contributed by atoms with van der Waals surface area (Å²) in [7, 11) is 0. The first-order valence-corrected chi connectivity index (χ1v) is 12.0. The summed E-state index contributed by atoms with van der Waals surface area (Å²) < 4.78 is 47.6. The maximum absolute atomic E-state index is 14.1. The molecule has 1 N–H and O–H groups in total. The molecule has 1 aliphatic carbocycles. The van der Waals surface area contributed by atoms with Crippen molar-refractivity contribution in [3.8, 4) is 0 Å². The number of nitro groups is 1. The number of nitrogens with one attached hydrogen (secondary N) is 1. The molecule has 1 aromatic carbocycles. The number of ether oxygens (including phenoxy) is 1. The molecule has 0 bridgehead atoms. The predicted octanol–water partition coefficient (Wildman–Crippen LogP) is 5.44. The zero-order valence-corrected chi connectivity index (χ0v) is 21.1. The van der Waals surface area contributed by atoms with Crippen LogP contribution in [0.4, 0.5) is 29.3 Å². The van der Waals surface area contributed by atoms with Gasteiger partial charge in [-0.05, 0) is 66.4 Å². The van der Waals surface area contributed by atoms with Crippen LogP contribution >= 0.6 is 0 Å². The second-order valence-corrected chi connectivity index (χ2v) is 10.6. The molecule has 1 saturated heterocycles. The van der Waals surface area contributed by atoms with Gasteiger partial charge in [-0.25, -0.2) is 4.79 Å². The molecule has 0 radical (unpaired) electrons. The molecule has 200 valence electrons. The summed E-state index contributed by atoms with van der Waals surface area (Å²) in [6.45, 7) is 8.98. The Balaban J connectivity index is 1.98. The molecule has 1 saturated carbocycles. The molecule has 2 amide bonds. The summed E-state index contributed by atoms with van der Waals surface area (Å²) in [6.07, 6.45) is -3.07. The third kappa shape index (κ3) is 6.58. The number of carbonyl (C=O) groups is 2. The van der Waals surface area contributed by atoms with Crippen LogP contribution < -0.4 is 5.32 Å². The minimum absolute atomic E-state index is 0.0869. The summed E-state index contributed by atoms with van der Waals surface area (Å²) in [5.41, 5.74) is -3.57. The van der Waals surface area contributed by atoms with Crippen molar-refractivity contribution in [1.82, 2.24) is 9.80 Å². The fourth-order valence-corrected chi connectivity index (χ4v) is 4.35. The molecule has 2 aliphatic rings. The number of nitro benzene ring substituents is 1. The largest absolute Gasteiger partial charge is 0.444 e. The summed E-state index contributed by atoms with van der Waals surface area (Å²) in [5, 5.41) is 14.5. The Bertz CT molecular complexity index is 1020. The Morgan fingerprint density at radius 2 is 1.83 bits per heavy atom. The molecule has 0 spiro atoms. The lowest BCUT2D eigenvalue weighted by Gasteiger charge is -2.41. The lowest BCUT2D eigenvalue weighted by molar-refractivity contribution is -0.384. The second-order valence-electron chi connectivity index (χ2n) is 10.6. The second kappa shape index (κ2) is 10.1. The van der Waals surface area contributed by atoms with Gasteiger partial charge in [-0.1, -0.05) is 0 Å². The topological polar surface area (TPSA) is 105 Å². The molecule has 9 nitrogen and oxygen atoms in total. The maximum Gasteiger partial charge on any atom is 0.417 e. The standard InChI is InChI=1S/C24H33F3N4O5/c1-14(2)30(16-7-6-10-29(13-16)22(33)36-23(3,4)5)21(32)17-11-20(31(34)35)19(28-15-8-9-15)12-18(17)24(25,26)27/h11-12,14-16,28H,6-10,13H2,1-5H3/t16-/m1/s1. The number of benzene rings is 1. The number of nitrogens with zero attached hydrogens (tertiary/aromatic N) is 3. The molecule has 1 aromatic rings. The van der Waals surface area contributed by atoms with E-state index in [9.17, 15) is 32.9 Å². The fourth-order valence-electron chi connectivity index (χ4n) is 4.35. The molecule has 3 rings (SSSR count). The Hall–Kier alpha value is -3.05. The highest BCUT2D eigenvalue weighted by Gasteiger charge is 2.42. The predicted molar refractivity (Wildman–Crippen MR) is 127 cm³/mol. The van der Waals surface area contributed by atoms with Crippen LogP contribution in [0.5, 0.6) is 0 Å². The number of piperidine rings is 1. The van der Waals surface area contributed by atoms with Gasteiger partial charge in [0.15, 0.2) is 0 Å². The van der Waals surface area contributed by atoms with E-state index in [0.29, 0.717) is 38.3 Å². The van der Waals surface area contributed by atoms with Crippen LogP contribution in [0.3, 0.4) is 0 Å². The summed E-state index contributed by atoms with van der Waals surface area (Å²) in [4.78, 5) is 39.9. The molecule has 1 aliphatic heterocycles. The number of alkyl halides is 3. The maximum atomic E-state index is 14.1. The quantitative estimate of drug-likeness (QED) is 0.401. The third-order valence-electron chi connectivity index (χ3n) is 6.04. The first kappa shape index (κ1) is 27.5. The molecule has 0 aromatic heterocycles. The van der Waals surface area contributed by atoms with Crippen LogP contribution in [0.2, 0.25) is 0 Å². The van der Waals surface area contributed by atoms with Gasteiger partial charge in [0.05, 0.1) is 22.1 Å². The molecule has 1 heterocycles. The number of rotatable bonds is 6. The van der Waals surface area contributed by atoms with Gasteiger partial charge in [-0.15, -0.1) is 0 Å². The van der Waals surface area contributed by atoms with Crippen LogP contribution in [0.1, 0.15) is 76.2 Å². The average molecular weight is 515 g/mol. The third-order valence-corrected chi connectivity index (χ3v) is 6.04. The Morgan fingerprint density at radius 1 is 1.19 bits per heavy atom. The van der Waals surface area contributed by atoms with Crippen LogP contribution in [0, 0.1) is 10.1 Å². The van der Waals surface area contributed by atoms with Crippen molar-refractivity contribution < 1.29 is 32.4 Å². The Labute approximate surface area is 208 Å². The highest BCUT2D eigenvalue weighted by Crippen LogP contribution is 2.40. The van der Waals surface area contributed by atoms with Gasteiger partial charge in [-0.3, -0.25) is 14.9 Å². The summed E-state index contributed by atoms with van der Waals surface area (Å²) in [6, 6.07) is 0.156. The smallest absolute Gasteiger partial charge is 0.417 e. The number of halogens is 3. The number of likely N-dealkylation sites (tertiary alicyclic amines) is 1. The van der Waals surface area contributed by atoms with Crippen molar-refractivity contribution in [2.24, 2.45) is 0 Å². The molecular weight excluding hydrogens is 481 g/mol. The highest BCUT2D eigenvalue weighted by molar-refractivity contribution is 5.98. The van der Waals surface area contributed by atoms with E-state index < -0.39 is 57.6 Å². The first-order chi connectivity index (χ1) is 16.6. The summed E-state index contributed by atoms with van der Waals surface area (Å²) in [5.74, 6) is -0.963. The van der Waals surface area contributed by atoms with Gasteiger partial charge in [0.25, 0.3) is 11.6 Å². The minimum Gasteiger partial charge on any atom is -0.444 e. The van der Waals surface area contributed by atoms with Crippen LogP contribution in [-0.2, 0) is 10.9 Å². The van der Waals surface area contributed by atoms with Gasteiger partial charge < -0.3 is 19.9 Å². The average Bonchev–Trinajstić information content (AvgIpc) is 3.55. The van der Waals surface area contributed by atoms with Crippen molar-refractivity contribution >= 4 is 23.4 Å². The van der Waals surface area contributed by atoms with Crippen LogP contribution in [0.25, 0.3) is 0 Å². The van der Waals surface area contributed by atoms with E-state index in [-0.39, 0.29) is 18.3 Å². The Kier molecular flexibility index (Phi) is 7.75. The fraction of sp³-hybridized carbons (Fsp3) is 0.667. The SMILES string of the molecule is CC(C)N(C(=O)c1cc([N+](=O)[O-])c(NC2CC2)cc1C(F)(F)F)[C@@H]1CCCN(C(=O)OC(C)(C)C)C1. The van der Waals surface area contributed by atoms with E-state index in [1.54, 1.807) is 34.6 Å². The number of hydrogen-bond donors (Lipinski definition) is 1. The molecule has 0 unspecified atom stereocenters. The minimum atomic E-state index is -4.90. The normalized spacial score (nSPS) is 18.7. The van der Waals surface area contributed by atoms with Crippen LogP contribution in [0.15, 0.2) is 12.1 Å². The van der Waals surface area contributed by atoms with E-state index in [1.165, 1.54) is 9.80 Å². The van der Waals surface area contributed by atoms with Crippen molar-refractivity contribution in [1.29, 1.82) is 0 Å². The molecule has 1 atom stereocenters. The van der Waals surface area contributed by atoms with Gasteiger partial charge in [0.1, 0.15) is 11.3 Å². The van der Waals surface area contributed by atoms with E-state index in [4.69, 9.17) is 4.74 Å². The number of anilines is 1. The molecule has 12 heteroatoms. The highest BCUT2D eigenvalue weighted by atomic mass is 19.4. The van der Waals surface area contributed by atoms with Crippen molar-refractivity contribution in [2.75, 3.05) is 18.4 Å². The lowest BCUT2D eigenvalue weighted by atomic mass is 9.98. The monoisotopic (exact) mass is 514 g/mol. The van der Waals surface area contributed by atoms with Crippen molar-refractivity contribution in [3.05, 3.63) is 33.4 Å². The number of hydrogen-bond acceptors (Lipinski definition) is 6. The molecule has 2 fully saturated rings. The van der Waals surface area contributed by atoms with Gasteiger partial charge >= 0.3 is 12.3 Å². The molecular formula is C24H33F3N4O5.